The number of urea groups is 1. The number of ether oxygens (including phenoxy) is 2. The van der Waals surface area contributed by atoms with Crippen LogP contribution >= 0.6 is 0 Å². The largest absolute Gasteiger partial charge is 0.464 e. The van der Waals surface area contributed by atoms with Gasteiger partial charge in [-0.15, -0.1) is 0 Å². The van der Waals surface area contributed by atoms with Crippen LogP contribution in [0.1, 0.15) is 31.9 Å². The number of esters is 2. The summed E-state index contributed by atoms with van der Waals surface area (Å²) in [5.74, 6) is -1.33. The molecule has 8 heteroatoms. The van der Waals surface area contributed by atoms with Crippen molar-refractivity contribution in [1.82, 2.24) is 10.2 Å². The van der Waals surface area contributed by atoms with E-state index >= 15 is 0 Å². The summed E-state index contributed by atoms with van der Waals surface area (Å²) in [6.07, 6.45) is -1.31. The maximum absolute atomic E-state index is 13.3. The number of hydrogen-bond acceptors (Lipinski definition) is 6. The molecular weight excluding hydrogens is 484 g/mol. The van der Waals surface area contributed by atoms with Crippen molar-refractivity contribution in [2.45, 2.75) is 45.9 Å². The second-order valence-electron chi connectivity index (χ2n) is 9.55. The van der Waals surface area contributed by atoms with E-state index < -0.39 is 30.1 Å². The van der Waals surface area contributed by atoms with Crippen LogP contribution in [0.25, 0.3) is 10.8 Å². The first kappa shape index (κ1) is 28.7. The molecule has 0 fully saturated rings. The van der Waals surface area contributed by atoms with Crippen molar-refractivity contribution < 1.29 is 29.0 Å². The summed E-state index contributed by atoms with van der Waals surface area (Å²) >= 11 is 0. The van der Waals surface area contributed by atoms with Gasteiger partial charge in [0.25, 0.3) is 0 Å². The highest BCUT2D eigenvalue weighted by atomic mass is 16.5. The van der Waals surface area contributed by atoms with E-state index in [1.807, 2.05) is 86.6 Å². The van der Waals surface area contributed by atoms with Crippen molar-refractivity contribution in [3.63, 3.8) is 0 Å². The minimum atomic E-state index is -1.54. The number of carbonyl (C=O) groups excluding carboxylic acids is 3. The Hall–Kier alpha value is -3.91. The van der Waals surface area contributed by atoms with Crippen LogP contribution in [-0.4, -0.2) is 59.8 Å². The van der Waals surface area contributed by atoms with Gasteiger partial charge in [0.1, 0.15) is 12.6 Å². The lowest BCUT2D eigenvalue weighted by Gasteiger charge is -2.28. The molecule has 2 amide bonds. The molecular formula is C30H36N2O6. The highest BCUT2D eigenvalue weighted by Gasteiger charge is 2.29. The minimum Gasteiger partial charge on any atom is -0.464 e. The van der Waals surface area contributed by atoms with Crippen molar-refractivity contribution in [3.8, 4) is 0 Å². The molecule has 0 aliphatic rings. The Balaban J connectivity index is 1.69. The lowest BCUT2D eigenvalue weighted by Crippen LogP contribution is -2.52. The smallest absolute Gasteiger partial charge is 0.337 e. The molecule has 2 atom stereocenters. The number of hydrogen-bond donors (Lipinski definition) is 2. The number of benzene rings is 3. The normalized spacial score (nSPS) is 12.6. The van der Waals surface area contributed by atoms with Crippen LogP contribution in [0.3, 0.4) is 0 Å². The molecule has 2 N–H and O–H groups in total. The summed E-state index contributed by atoms with van der Waals surface area (Å²) in [6, 6.07) is 21.4. The van der Waals surface area contributed by atoms with Crippen molar-refractivity contribution in [1.29, 1.82) is 0 Å². The fraction of sp³-hybridized carbons (Fsp3) is 0.367. The van der Waals surface area contributed by atoms with Crippen molar-refractivity contribution in [2.75, 3.05) is 19.7 Å². The monoisotopic (exact) mass is 520 g/mol. The third-order valence-corrected chi connectivity index (χ3v) is 5.88. The second kappa shape index (κ2) is 14.1. The second-order valence-corrected chi connectivity index (χ2v) is 9.55. The number of fused-ring (bicyclic) bond motifs is 1. The topological polar surface area (TPSA) is 105 Å². The minimum absolute atomic E-state index is 0.0177. The van der Waals surface area contributed by atoms with Gasteiger partial charge in [-0.05, 0) is 34.7 Å². The fourth-order valence-corrected chi connectivity index (χ4v) is 4.07. The highest BCUT2D eigenvalue weighted by molar-refractivity contribution is 5.86. The number of amides is 2. The van der Waals surface area contributed by atoms with Crippen LogP contribution in [0, 0.1) is 5.92 Å². The Kier molecular flexibility index (Phi) is 10.7. The van der Waals surface area contributed by atoms with Crippen LogP contribution in [0.4, 0.5) is 4.79 Å². The first-order chi connectivity index (χ1) is 18.3. The molecule has 0 spiro atoms. The van der Waals surface area contributed by atoms with E-state index in [0.717, 1.165) is 21.9 Å². The van der Waals surface area contributed by atoms with Crippen molar-refractivity contribution in [2.24, 2.45) is 5.92 Å². The Morgan fingerprint density at radius 1 is 0.842 bits per heavy atom. The van der Waals surface area contributed by atoms with Crippen molar-refractivity contribution in [3.05, 3.63) is 83.9 Å². The molecule has 0 aromatic heterocycles. The molecule has 3 aromatic carbocycles. The van der Waals surface area contributed by atoms with Gasteiger partial charge in [0, 0.05) is 13.0 Å². The quantitative estimate of drug-likeness (QED) is 0.349. The molecule has 0 radical (unpaired) electrons. The Morgan fingerprint density at radius 2 is 1.53 bits per heavy atom. The van der Waals surface area contributed by atoms with E-state index in [0.29, 0.717) is 0 Å². The average molecular weight is 521 g/mol. The SMILES string of the molecule is CCOC(=O)[C@H](Cc1ccc2ccccc2c1)NC(=O)N(CC(C)C)CC(O)C(=O)OCc1ccccc1. The first-order valence-electron chi connectivity index (χ1n) is 12.8. The van der Waals surface area contributed by atoms with Gasteiger partial charge in [-0.1, -0.05) is 86.6 Å². The standard InChI is InChI=1S/C30H36N2O6/c1-4-37-28(34)26(17-23-14-15-24-12-8-9-13-25(24)16-23)31-30(36)32(18-21(2)3)19-27(33)29(35)38-20-22-10-6-5-7-11-22/h5-16,21,26-27,33H,4,17-20H2,1-3H3,(H,31,36)/t26-,27?/m0/s1. The molecule has 3 rings (SSSR count). The number of nitrogens with one attached hydrogen (secondary N) is 1. The zero-order chi connectivity index (χ0) is 27.5. The van der Waals surface area contributed by atoms with E-state index in [9.17, 15) is 19.5 Å². The third kappa shape index (κ3) is 8.59. The van der Waals surface area contributed by atoms with E-state index in [1.54, 1.807) is 6.92 Å². The predicted molar refractivity (Wildman–Crippen MR) is 145 cm³/mol. The molecule has 3 aromatic rings. The van der Waals surface area contributed by atoms with Crippen LogP contribution in [-0.2, 0) is 32.1 Å². The zero-order valence-corrected chi connectivity index (χ0v) is 22.1. The number of nitrogens with zero attached hydrogens (tertiary/aromatic N) is 1. The molecule has 38 heavy (non-hydrogen) atoms. The van der Waals surface area contributed by atoms with E-state index in [1.165, 1.54) is 4.90 Å². The summed E-state index contributed by atoms with van der Waals surface area (Å²) in [6.45, 7) is 5.71. The van der Waals surface area contributed by atoms with Gasteiger partial charge in [0.15, 0.2) is 6.10 Å². The highest BCUT2D eigenvalue weighted by Crippen LogP contribution is 2.17. The van der Waals surface area contributed by atoms with Gasteiger partial charge in [-0.2, -0.15) is 0 Å². The Bertz CT molecular complexity index is 1210. The van der Waals surface area contributed by atoms with E-state index in [-0.39, 0.29) is 38.6 Å². The molecule has 0 aliphatic carbocycles. The molecule has 0 aliphatic heterocycles. The lowest BCUT2D eigenvalue weighted by molar-refractivity contribution is -0.155. The summed E-state index contributed by atoms with van der Waals surface area (Å²) in [5.41, 5.74) is 1.65. The number of carbonyl (C=O) groups is 3. The van der Waals surface area contributed by atoms with E-state index in [4.69, 9.17) is 9.47 Å². The number of rotatable bonds is 12. The molecule has 202 valence electrons. The van der Waals surface area contributed by atoms with Crippen LogP contribution in [0.2, 0.25) is 0 Å². The number of aliphatic hydroxyl groups is 1. The summed E-state index contributed by atoms with van der Waals surface area (Å²) < 4.78 is 10.4. The molecule has 0 saturated carbocycles. The van der Waals surface area contributed by atoms with Crippen molar-refractivity contribution >= 4 is 28.7 Å². The lowest BCUT2D eigenvalue weighted by atomic mass is 10.0. The fourth-order valence-electron chi connectivity index (χ4n) is 4.07. The van der Waals surface area contributed by atoms with Gasteiger partial charge in [-0.3, -0.25) is 0 Å². The van der Waals surface area contributed by atoms with Gasteiger partial charge < -0.3 is 24.8 Å². The van der Waals surface area contributed by atoms with Crippen LogP contribution < -0.4 is 5.32 Å². The van der Waals surface area contributed by atoms with Gasteiger partial charge in [0.2, 0.25) is 0 Å². The van der Waals surface area contributed by atoms with E-state index in [2.05, 4.69) is 5.32 Å². The van der Waals surface area contributed by atoms with Gasteiger partial charge in [-0.25, -0.2) is 14.4 Å². The molecule has 0 heterocycles. The Labute approximate surface area is 223 Å². The first-order valence-corrected chi connectivity index (χ1v) is 12.8. The van der Waals surface area contributed by atoms with Gasteiger partial charge in [0.05, 0.1) is 13.2 Å². The molecule has 0 bridgehead atoms. The zero-order valence-electron chi connectivity index (χ0n) is 22.1. The van der Waals surface area contributed by atoms with Crippen LogP contribution in [0.5, 0.6) is 0 Å². The molecule has 0 saturated heterocycles. The van der Waals surface area contributed by atoms with Crippen LogP contribution in [0.15, 0.2) is 72.8 Å². The molecule has 1 unspecified atom stereocenters. The predicted octanol–water partition coefficient (Wildman–Crippen LogP) is 4.09. The number of aliphatic hydroxyl groups excluding tert-OH is 1. The third-order valence-electron chi connectivity index (χ3n) is 5.88. The average Bonchev–Trinajstić information content (AvgIpc) is 2.91. The maximum atomic E-state index is 13.3. The molecule has 8 nitrogen and oxygen atoms in total. The Morgan fingerprint density at radius 3 is 2.21 bits per heavy atom. The van der Waals surface area contributed by atoms with Gasteiger partial charge >= 0.3 is 18.0 Å². The summed E-state index contributed by atoms with van der Waals surface area (Å²) in [5, 5.41) is 15.4. The summed E-state index contributed by atoms with van der Waals surface area (Å²) in [4.78, 5) is 39.8. The summed E-state index contributed by atoms with van der Waals surface area (Å²) in [7, 11) is 0. The maximum Gasteiger partial charge on any atom is 0.337 e.